The highest BCUT2D eigenvalue weighted by atomic mass is 79.9. The van der Waals surface area contributed by atoms with Crippen LogP contribution in [0.2, 0.25) is 0 Å². The Balaban J connectivity index is 1.99. The number of anilines is 1. The number of nitrogens with one attached hydrogen (secondary N) is 2. The quantitative estimate of drug-likeness (QED) is 0.725. The SMILES string of the molecule is CC[C@H](NC(=S)Nc1ccc(Br)cc1)c1ccc(OC)cc1. The Kier molecular flexibility index (Phi) is 6.21. The molecule has 0 aromatic heterocycles. The van der Waals surface area contributed by atoms with Crippen molar-refractivity contribution in [1.82, 2.24) is 5.32 Å². The topological polar surface area (TPSA) is 33.3 Å². The van der Waals surface area contributed by atoms with Crippen LogP contribution in [0.1, 0.15) is 24.9 Å². The molecular weight excluding hydrogens is 360 g/mol. The zero-order valence-electron chi connectivity index (χ0n) is 12.6. The summed E-state index contributed by atoms with van der Waals surface area (Å²) in [6.07, 6.45) is 0.939. The van der Waals surface area contributed by atoms with Gasteiger partial charge in [-0.15, -0.1) is 0 Å². The fourth-order valence-corrected chi connectivity index (χ4v) is 2.64. The van der Waals surface area contributed by atoms with E-state index in [1.165, 1.54) is 5.56 Å². The fourth-order valence-electron chi connectivity index (χ4n) is 2.12. The van der Waals surface area contributed by atoms with Gasteiger partial charge in [0, 0.05) is 10.2 Å². The smallest absolute Gasteiger partial charge is 0.171 e. The molecule has 116 valence electrons. The number of hydrogen-bond acceptors (Lipinski definition) is 2. The van der Waals surface area contributed by atoms with E-state index in [9.17, 15) is 0 Å². The molecule has 0 fully saturated rings. The summed E-state index contributed by atoms with van der Waals surface area (Å²) in [6, 6.07) is 16.1. The third-order valence-electron chi connectivity index (χ3n) is 3.33. The number of halogens is 1. The van der Waals surface area contributed by atoms with Crippen LogP contribution in [0.3, 0.4) is 0 Å². The molecular formula is C17H19BrN2OS. The lowest BCUT2D eigenvalue weighted by atomic mass is 10.0. The zero-order chi connectivity index (χ0) is 15.9. The van der Waals surface area contributed by atoms with Gasteiger partial charge in [-0.25, -0.2) is 0 Å². The molecule has 3 nitrogen and oxygen atoms in total. The predicted molar refractivity (Wildman–Crippen MR) is 99.5 cm³/mol. The van der Waals surface area contributed by atoms with Gasteiger partial charge in [-0.3, -0.25) is 0 Å². The fraction of sp³-hybridized carbons (Fsp3) is 0.235. The first-order chi connectivity index (χ1) is 10.6. The van der Waals surface area contributed by atoms with Crippen molar-refractivity contribution < 1.29 is 4.74 Å². The molecule has 0 amide bonds. The van der Waals surface area contributed by atoms with Gasteiger partial charge in [-0.1, -0.05) is 35.0 Å². The summed E-state index contributed by atoms with van der Waals surface area (Å²) in [5.74, 6) is 0.856. The zero-order valence-corrected chi connectivity index (χ0v) is 15.0. The maximum Gasteiger partial charge on any atom is 0.171 e. The second kappa shape index (κ2) is 8.15. The second-order valence-corrected chi connectivity index (χ2v) is 6.16. The lowest BCUT2D eigenvalue weighted by molar-refractivity contribution is 0.414. The van der Waals surface area contributed by atoms with Gasteiger partial charge in [0.05, 0.1) is 13.2 Å². The van der Waals surface area contributed by atoms with Crippen molar-refractivity contribution >= 4 is 38.9 Å². The number of benzene rings is 2. The minimum atomic E-state index is 0.168. The van der Waals surface area contributed by atoms with Gasteiger partial charge < -0.3 is 15.4 Å². The maximum absolute atomic E-state index is 5.40. The molecule has 0 aliphatic rings. The van der Waals surface area contributed by atoms with Crippen LogP contribution in [0.5, 0.6) is 5.75 Å². The van der Waals surface area contributed by atoms with Crippen molar-refractivity contribution in [2.24, 2.45) is 0 Å². The normalized spacial score (nSPS) is 11.6. The average Bonchev–Trinajstić information content (AvgIpc) is 2.55. The van der Waals surface area contributed by atoms with Gasteiger partial charge in [-0.05, 0) is 60.6 Å². The molecule has 0 bridgehead atoms. The van der Waals surface area contributed by atoms with Crippen molar-refractivity contribution in [3.63, 3.8) is 0 Å². The van der Waals surface area contributed by atoms with Crippen molar-refractivity contribution in [1.29, 1.82) is 0 Å². The Morgan fingerprint density at radius 2 is 1.77 bits per heavy atom. The molecule has 2 aromatic rings. The van der Waals surface area contributed by atoms with Crippen LogP contribution in [0.15, 0.2) is 53.0 Å². The molecule has 5 heteroatoms. The number of rotatable bonds is 5. The van der Waals surface area contributed by atoms with Crippen LogP contribution >= 0.6 is 28.1 Å². The first-order valence-electron chi connectivity index (χ1n) is 7.09. The summed E-state index contributed by atoms with van der Waals surface area (Å²) < 4.78 is 6.23. The molecule has 2 rings (SSSR count). The highest BCUT2D eigenvalue weighted by Crippen LogP contribution is 2.20. The first kappa shape index (κ1) is 16.8. The number of methoxy groups -OCH3 is 1. The molecule has 22 heavy (non-hydrogen) atoms. The van der Waals surface area contributed by atoms with Crippen molar-refractivity contribution in [2.45, 2.75) is 19.4 Å². The van der Waals surface area contributed by atoms with E-state index >= 15 is 0 Å². The average molecular weight is 379 g/mol. The first-order valence-corrected chi connectivity index (χ1v) is 8.29. The molecule has 1 atom stereocenters. The van der Waals surface area contributed by atoms with E-state index in [2.05, 4.69) is 45.6 Å². The molecule has 0 aliphatic heterocycles. The van der Waals surface area contributed by atoms with Gasteiger partial charge in [0.1, 0.15) is 5.75 Å². The maximum atomic E-state index is 5.40. The van der Waals surface area contributed by atoms with Gasteiger partial charge in [0.25, 0.3) is 0 Å². The van der Waals surface area contributed by atoms with E-state index in [-0.39, 0.29) is 6.04 Å². The predicted octanol–water partition coefficient (Wildman–Crippen LogP) is 4.90. The molecule has 0 radical (unpaired) electrons. The molecule has 0 saturated heterocycles. The van der Waals surface area contributed by atoms with Crippen LogP contribution < -0.4 is 15.4 Å². The molecule has 2 aromatic carbocycles. The largest absolute Gasteiger partial charge is 0.497 e. The van der Waals surface area contributed by atoms with Crippen molar-refractivity contribution in [2.75, 3.05) is 12.4 Å². The molecule has 0 spiro atoms. The van der Waals surface area contributed by atoms with Gasteiger partial charge >= 0.3 is 0 Å². The third kappa shape index (κ3) is 4.71. The van der Waals surface area contributed by atoms with Crippen LogP contribution in [-0.2, 0) is 0 Å². The number of ether oxygens (including phenoxy) is 1. The number of hydrogen-bond donors (Lipinski definition) is 2. The Morgan fingerprint density at radius 3 is 2.32 bits per heavy atom. The molecule has 0 aliphatic carbocycles. The monoisotopic (exact) mass is 378 g/mol. The minimum Gasteiger partial charge on any atom is -0.497 e. The Hall–Kier alpha value is -1.59. The lowest BCUT2D eigenvalue weighted by Gasteiger charge is -2.20. The van der Waals surface area contributed by atoms with Crippen molar-refractivity contribution in [3.05, 3.63) is 58.6 Å². The van der Waals surface area contributed by atoms with E-state index in [0.717, 1.165) is 22.3 Å². The van der Waals surface area contributed by atoms with Gasteiger partial charge in [0.2, 0.25) is 0 Å². The molecule has 0 heterocycles. The van der Waals surface area contributed by atoms with Crippen LogP contribution in [0, 0.1) is 0 Å². The molecule has 0 unspecified atom stereocenters. The summed E-state index contributed by atoms with van der Waals surface area (Å²) >= 11 is 8.82. The van der Waals surface area contributed by atoms with Crippen LogP contribution in [-0.4, -0.2) is 12.2 Å². The summed E-state index contributed by atoms with van der Waals surface area (Å²) in [5.41, 5.74) is 2.15. The second-order valence-electron chi connectivity index (χ2n) is 4.84. The van der Waals surface area contributed by atoms with E-state index in [0.29, 0.717) is 5.11 Å². The van der Waals surface area contributed by atoms with E-state index < -0.39 is 0 Å². The van der Waals surface area contributed by atoms with E-state index in [4.69, 9.17) is 17.0 Å². The Labute approximate surface area is 145 Å². The van der Waals surface area contributed by atoms with E-state index in [1.54, 1.807) is 7.11 Å². The van der Waals surface area contributed by atoms with Crippen LogP contribution in [0.4, 0.5) is 5.69 Å². The van der Waals surface area contributed by atoms with Crippen molar-refractivity contribution in [3.8, 4) is 5.75 Å². The minimum absolute atomic E-state index is 0.168. The summed E-state index contributed by atoms with van der Waals surface area (Å²) in [6.45, 7) is 2.13. The van der Waals surface area contributed by atoms with Gasteiger partial charge in [-0.2, -0.15) is 0 Å². The molecule has 2 N–H and O–H groups in total. The van der Waals surface area contributed by atoms with Crippen LogP contribution in [0.25, 0.3) is 0 Å². The summed E-state index contributed by atoms with van der Waals surface area (Å²) in [4.78, 5) is 0. The highest BCUT2D eigenvalue weighted by Gasteiger charge is 2.10. The number of thiocarbonyl (C=S) groups is 1. The summed E-state index contributed by atoms with van der Waals surface area (Å²) in [7, 11) is 1.67. The Bertz CT molecular complexity index is 614. The standard InChI is InChI=1S/C17H19BrN2OS/c1-3-16(12-4-10-15(21-2)11-5-12)20-17(22)19-14-8-6-13(18)7-9-14/h4-11,16H,3H2,1-2H3,(H2,19,20,22)/t16-/m0/s1. The lowest BCUT2D eigenvalue weighted by Crippen LogP contribution is -2.32. The van der Waals surface area contributed by atoms with E-state index in [1.807, 2.05) is 36.4 Å². The Morgan fingerprint density at radius 1 is 1.14 bits per heavy atom. The molecule has 0 saturated carbocycles. The van der Waals surface area contributed by atoms with Gasteiger partial charge in [0.15, 0.2) is 5.11 Å². The third-order valence-corrected chi connectivity index (χ3v) is 4.08. The highest BCUT2D eigenvalue weighted by molar-refractivity contribution is 9.10. The summed E-state index contributed by atoms with van der Waals surface area (Å²) in [5, 5.41) is 7.17.